The van der Waals surface area contributed by atoms with Crippen LogP contribution >= 0.6 is 0 Å². The van der Waals surface area contributed by atoms with Crippen molar-refractivity contribution < 1.29 is 4.42 Å². The zero-order chi connectivity index (χ0) is 16.4. The summed E-state index contributed by atoms with van der Waals surface area (Å²) in [6.07, 6.45) is 6.67. The summed E-state index contributed by atoms with van der Waals surface area (Å²) in [6, 6.07) is 12.8. The highest BCUT2D eigenvalue weighted by atomic mass is 16.3. The van der Waals surface area contributed by atoms with Crippen LogP contribution in [0.5, 0.6) is 0 Å². The van der Waals surface area contributed by atoms with Gasteiger partial charge in [0, 0.05) is 36.1 Å². The van der Waals surface area contributed by atoms with E-state index in [9.17, 15) is 0 Å². The Bertz CT molecular complexity index is 1000. The molecule has 0 spiro atoms. The standard InChI is InChI=1S/C21H20N2O/c1-4-14-13(2)15-9-10-17-16-7-5-6-8-18(16)24-20(17)19(15)23-12-11-22(3)21(14)23/h4-14,21H,1H2,2-3H3. The summed E-state index contributed by atoms with van der Waals surface area (Å²) in [5, 5.41) is 2.37. The first-order valence-electron chi connectivity index (χ1n) is 8.46. The molecule has 3 heterocycles. The van der Waals surface area contributed by atoms with Gasteiger partial charge >= 0.3 is 0 Å². The van der Waals surface area contributed by atoms with E-state index >= 15 is 0 Å². The van der Waals surface area contributed by atoms with E-state index in [1.807, 2.05) is 12.1 Å². The van der Waals surface area contributed by atoms with Gasteiger partial charge in [-0.15, -0.1) is 6.58 Å². The first kappa shape index (κ1) is 13.7. The highest BCUT2D eigenvalue weighted by Gasteiger charge is 2.42. The number of anilines is 1. The Morgan fingerprint density at radius 3 is 2.75 bits per heavy atom. The molecule has 2 aromatic carbocycles. The normalized spacial score (nSPS) is 25.3. The van der Waals surface area contributed by atoms with Crippen molar-refractivity contribution in [3.05, 3.63) is 67.0 Å². The molecule has 2 aliphatic rings. The highest BCUT2D eigenvalue weighted by molar-refractivity contribution is 6.10. The van der Waals surface area contributed by atoms with E-state index in [1.165, 1.54) is 22.0 Å². The van der Waals surface area contributed by atoms with Crippen molar-refractivity contribution in [3.63, 3.8) is 0 Å². The Kier molecular flexibility index (Phi) is 2.67. The number of nitrogens with zero attached hydrogens (tertiary/aromatic N) is 2. The van der Waals surface area contributed by atoms with E-state index in [-0.39, 0.29) is 6.17 Å². The fraction of sp³-hybridized carbons (Fsp3) is 0.238. The molecule has 2 aliphatic heterocycles. The number of furan rings is 1. The van der Waals surface area contributed by atoms with Gasteiger partial charge in [-0.3, -0.25) is 0 Å². The third-order valence-electron chi connectivity index (χ3n) is 5.66. The minimum atomic E-state index is 0.267. The van der Waals surface area contributed by atoms with Crippen LogP contribution in [0.25, 0.3) is 21.9 Å². The maximum atomic E-state index is 6.29. The molecular formula is C21H20N2O. The lowest BCUT2D eigenvalue weighted by Gasteiger charge is -2.43. The second-order valence-corrected chi connectivity index (χ2v) is 6.86. The molecule has 0 N–H and O–H groups in total. The summed E-state index contributed by atoms with van der Waals surface area (Å²) in [7, 11) is 2.13. The number of hydrogen-bond acceptors (Lipinski definition) is 3. The van der Waals surface area contributed by atoms with Gasteiger partial charge in [-0.05, 0) is 17.5 Å². The molecule has 0 bridgehead atoms. The predicted octanol–water partition coefficient (Wildman–Crippen LogP) is 5.05. The van der Waals surface area contributed by atoms with Gasteiger partial charge in [-0.1, -0.05) is 43.3 Å². The number of hydrogen-bond donors (Lipinski definition) is 0. The summed E-state index contributed by atoms with van der Waals surface area (Å²) in [6.45, 7) is 6.39. The fourth-order valence-electron chi connectivity index (χ4n) is 4.43. The molecule has 3 nitrogen and oxygen atoms in total. The van der Waals surface area contributed by atoms with E-state index < -0.39 is 0 Å². The molecule has 0 fully saturated rings. The average Bonchev–Trinajstić information content (AvgIpc) is 3.16. The van der Waals surface area contributed by atoms with Crippen LogP contribution in [0.2, 0.25) is 0 Å². The minimum Gasteiger partial charge on any atom is -0.454 e. The summed E-state index contributed by atoms with van der Waals surface area (Å²) in [5.74, 6) is 0.776. The lowest BCUT2D eigenvalue weighted by atomic mass is 9.80. The fourth-order valence-corrected chi connectivity index (χ4v) is 4.43. The van der Waals surface area contributed by atoms with E-state index in [0.717, 1.165) is 11.2 Å². The molecule has 24 heavy (non-hydrogen) atoms. The minimum absolute atomic E-state index is 0.267. The largest absolute Gasteiger partial charge is 0.454 e. The monoisotopic (exact) mass is 316 g/mol. The van der Waals surface area contributed by atoms with Crippen molar-refractivity contribution in [2.45, 2.75) is 19.0 Å². The van der Waals surface area contributed by atoms with Gasteiger partial charge in [-0.25, -0.2) is 0 Å². The molecule has 0 amide bonds. The van der Waals surface area contributed by atoms with Crippen LogP contribution in [0.4, 0.5) is 5.69 Å². The lowest BCUT2D eigenvalue weighted by Crippen LogP contribution is -2.47. The van der Waals surface area contributed by atoms with Crippen LogP contribution in [0, 0.1) is 5.92 Å². The average molecular weight is 316 g/mol. The Balaban J connectivity index is 1.86. The van der Waals surface area contributed by atoms with Gasteiger partial charge in [0.25, 0.3) is 0 Å². The number of benzene rings is 2. The number of rotatable bonds is 1. The van der Waals surface area contributed by atoms with Crippen molar-refractivity contribution >= 4 is 27.6 Å². The van der Waals surface area contributed by atoms with Crippen molar-refractivity contribution in [1.82, 2.24) is 4.90 Å². The van der Waals surface area contributed by atoms with Crippen LogP contribution in [-0.2, 0) is 0 Å². The molecule has 0 saturated heterocycles. The Morgan fingerprint density at radius 2 is 1.92 bits per heavy atom. The second-order valence-electron chi connectivity index (χ2n) is 6.86. The molecule has 3 aromatic rings. The third-order valence-corrected chi connectivity index (χ3v) is 5.66. The third kappa shape index (κ3) is 1.57. The van der Waals surface area contributed by atoms with Crippen molar-refractivity contribution in [1.29, 1.82) is 0 Å². The molecule has 0 radical (unpaired) electrons. The van der Waals surface area contributed by atoms with Crippen LogP contribution < -0.4 is 4.90 Å². The van der Waals surface area contributed by atoms with E-state index in [4.69, 9.17) is 4.42 Å². The predicted molar refractivity (Wildman–Crippen MR) is 99.0 cm³/mol. The molecule has 120 valence electrons. The molecule has 5 rings (SSSR count). The summed E-state index contributed by atoms with van der Waals surface area (Å²) in [4.78, 5) is 4.62. The molecule has 3 atom stereocenters. The molecule has 0 saturated carbocycles. The van der Waals surface area contributed by atoms with Gasteiger partial charge in [0.15, 0.2) is 5.58 Å². The van der Waals surface area contributed by atoms with Crippen molar-refractivity contribution in [3.8, 4) is 0 Å². The first-order chi connectivity index (χ1) is 11.7. The van der Waals surface area contributed by atoms with E-state index in [0.29, 0.717) is 11.8 Å². The summed E-state index contributed by atoms with van der Waals surface area (Å²) in [5.41, 5.74) is 4.49. The molecule has 0 aliphatic carbocycles. The van der Waals surface area contributed by atoms with Crippen molar-refractivity contribution in [2.75, 3.05) is 11.9 Å². The molecular weight excluding hydrogens is 296 g/mol. The van der Waals surface area contributed by atoms with Crippen LogP contribution in [0.15, 0.2) is 65.9 Å². The van der Waals surface area contributed by atoms with Gasteiger partial charge in [0.2, 0.25) is 0 Å². The summed E-state index contributed by atoms with van der Waals surface area (Å²) >= 11 is 0. The smallest absolute Gasteiger partial charge is 0.159 e. The topological polar surface area (TPSA) is 19.6 Å². The zero-order valence-corrected chi connectivity index (χ0v) is 13.9. The Morgan fingerprint density at radius 1 is 1.08 bits per heavy atom. The van der Waals surface area contributed by atoms with Gasteiger partial charge in [-0.2, -0.15) is 0 Å². The van der Waals surface area contributed by atoms with Gasteiger partial charge in [0.05, 0.1) is 5.69 Å². The Hall–Kier alpha value is -2.68. The lowest BCUT2D eigenvalue weighted by molar-refractivity contribution is 0.257. The van der Waals surface area contributed by atoms with Gasteiger partial charge < -0.3 is 14.2 Å². The number of fused-ring (bicyclic) bond motifs is 7. The quantitative estimate of drug-likeness (QED) is 0.585. The Labute approximate surface area is 141 Å². The van der Waals surface area contributed by atoms with E-state index in [1.54, 1.807) is 0 Å². The van der Waals surface area contributed by atoms with Gasteiger partial charge in [0.1, 0.15) is 11.7 Å². The molecule has 3 unspecified atom stereocenters. The van der Waals surface area contributed by atoms with Crippen molar-refractivity contribution in [2.24, 2.45) is 5.92 Å². The SMILES string of the molecule is C=CC1C(C)c2ccc3c(oc4ccccc43)c2N2C=CN(C)C12. The zero-order valence-electron chi connectivity index (χ0n) is 13.9. The van der Waals surface area contributed by atoms with E-state index in [2.05, 4.69) is 73.1 Å². The first-order valence-corrected chi connectivity index (χ1v) is 8.46. The maximum Gasteiger partial charge on any atom is 0.159 e. The van der Waals surface area contributed by atoms with Crippen LogP contribution in [0.1, 0.15) is 18.4 Å². The molecule has 1 aromatic heterocycles. The highest BCUT2D eigenvalue weighted by Crippen LogP contribution is 2.49. The molecule has 3 heteroatoms. The second kappa shape index (κ2) is 4.67. The summed E-state index contributed by atoms with van der Waals surface area (Å²) < 4.78 is 6.29. The van der Waals surface area contributed by atoms with Crippen LogP contribution in [0.3, 0.4) is 0 Å². The maximum absolute atomic E-state index is 6.29. The van der Waals surface area contributed by atoms with Crippen LogP contribution in [-0.4, -0.2) is 18.1 Å². The number of para-hydroxylation sites is 1.